The van der Waals surface area contributed by atoms with Crippen LogP contribution in [0.1, 0.15) is 31.7 Å². The van der Waals surface area contributed by atoms with E-state index < -0.39 is 0 Å². The van der Waals surface area contributed by atoms with Gasteiger partial charge in [0.25, 0.3) is 0 Å². The van der Waals surface area contributed by atoms with Crippen LogP contribution in [0.3, 0.4) is 0 Å². The van der Waals surface area contributed by atoms with E-state index in [1.807, 2.05) is 24.3 Å². The highest BCUT2D eigenvalue weighted by molar-refractivity contribution is 9.10. The Hall–Kier alpha value is -0.870. The van der Waals surface area contributed by atoms with Crippen LogP contribution in [0.15, 0.2) is 28.7 Å². The molecule has 19 heavy (non-hydrogen) atoms. The normalized spacial score (nSPS) is 10.4. The number of rotatable bonds is 9. The number of benzene rings is 1. The van der Waals surface area contributed by atoms with E-state index in [9.17, 15) is 4.79 Å². The first kappa shape index (κ1) is 16.2. The third-order valence-corrected chi connectivity index (χ3v) is 3.24. The van der Waals surface area contributed by atoms with Crippen LogP contribution in [-0.2, 0) is 16.0 Å². The fourth-order valence-corrected chi connectivity index (χ4v) is 1.86. The van der Waals surface area contributed by atoms with E-state index in [1.54, 1.807) is 0 Å². The first-order chi connectivity index (χ1) is 9.22. The first-order valence-corrected chi connectivity index (χ1v) is 7.60. The van der Waals surface area contributed by atoms with Gasteiger partial charge in [-0.15, -0.1) is 0 Å². The number of hydrogen-bond donors (Lipinski definition) is 1. The van der Waals surface area contributed by atoms with Gasteiger partial charge in [0.15, 0.2) is 0 Å². The fourth-order valence-electron chi connectivity index (χ4n) is 1.60. The van der Waals surface area contributed by atoms with Gasteiger partial charge in [0.05, 0.1) is 6.42 Å². The number of hydrogen-bond acceptors (Lipinski definition) is 2. The van der Waals surface area contributed by atoms with Crippen LogP contribution in [0.5, 0.6) is 0 Å². The number of amides is 1. The zero-order valence-corrected chi connectivity index (χ0v) is 13.0. The van der Waals surface area contributed by atoms with Crippen molar-refractivity contribution in [3.05, 3.63) is 34.3 Å². The summed E-state index contributed by atoms with van der Waals surface area (Å²) in [5.74, 6) is 0.0656. The van der Waals surface area contributed by atoms with E-state index in [4.69, 9.17) is 4.74 Å². The highest BCUT2D eigenvalue weighted by atomic mass is 79.9. The molecular weight excluding hydrogens is 306 g/mol. The van der Waals surface area contributed by atoms with Crippen molar-refractivity contribution in [3.8, 4) is 0 Å². The maximum absolute atomic E-state index is 11.7. The summed E-state index contributed by atoms with van der Waals surface area (Å²) in [7, 11) is 0. The third kappa shape index (κ3) is 8.01. The molecule has 1 rings (SSSR count). The van der Waals surface area contributed by atoms with Crippen LogP contribution in [0, 0.1) is 0 Å². The van der Waals surface area contributed by atoms with Crippen molar-refractivity contribution in [3.63, 3.8) is 0 Å². The van der Waals surface area contributed by atoms with Gasteiger partial charge in [0, 0.05) is 24.2 Å². The lowest BCUT2D eigenvalue weighted by molar-refractivity contribution is -0.120. The van der Waals surface area contributed by atoms with Gasteiger partial charge in [0.1, 0.15) is 0 Å². The molecule has 0 aliphatic heterocycles. The molecule has 0 aromatic heterocycles. The van der Waals surface area contributed by atoms with Crippen LogP contribution < -0.4 is 5.32 Å². The Labute approximate surface area is 123 Å². The molecule has 0 bridgehead atoms. The van der Waals surface area contributed by atoms with Gasteiger partial charge in [-0.25, -0.2) is 0 Å². The van der Waals surface area contributed by atoms with Gasteiger partial charge in [-0.05, 0) is 30.5 Å². The lowest BCUT2D eigenvalue weighted by atomic mass is 10.1. The van der Waals surface area contributed by atoms with E-state index in [-0.39, 0.29) is 5.91 Å². The summed E-state index contributed by atoms with van der Waals surface area (Å²) in [6.07, 6.45) is 3.57. The minimum atomic E-state index is 0.0656. The van der Waals surface area contributed by atoms with Crippen LogP contribution in [-0.4, -0.2) is 25.7 Å². The number of carbonyl (C=O) groups excluding carboxylic acids is 1. The Morgan fingerprint density at radius 3 is 2.58 bits per heavy atom. The largest absolute Gasteiger partial charge is 0.381 e. The zero-order valence-electron chi connectivity index (χ0n) is 11.5. The van der Waals surface area contributed by atoms with Crippen molar-refractivity contribution < 1.29 is 9.53 Å². The van der Waals surface area contributed by atoms with Crippen molar-refractivity contribution in [2.45, 2.75) is 32.6 Å². The summed E-state index contributed by atoms with van der Waals surface area (Å²) in [4.78, 5) is 11.7. The van der Waals surface area contributed by atoms with Gasteiger partial charge in [-0.3, -0.25) is 4.79 Å². The Morgan fingerprint density at radius 2 is 1.89 bits per heavy atom. The standard InChI is InChI=1S/C15H22BrNO2/c1-2-3-10-19-11-4-9-17-15(18)12-13-5-7-14(16)8-6-13/h5-8H,2-4,9-12H2,1H3,(H,17,18). The second kappa shape index (κ2) is 9.98. The molecule has 1 amide bonds. The van der Waals surface area contributed by atoms with Crippen molar-refractivity contribution in [1.29, 1.82) is 0 Å². The maximum atomic E-state index is 11.7. The topological polar surface area (TPSA) is 38.3 Å². The van der Waals surface area contributed by atoms with Crippen molar-refractivity contribution in [2.75, 3.05) is 19.8 Å². The Morgan fingerprint density at radius 1 is 1.21 bits per heavy atom. The second-order valence-electron chi connectivity index (χ2n) is 4.47. The molecule has 0 aliphatic rings. The molecule has 1 N–H and O–H groups in total. The highest BCUT2D eigenvalue weighted by Gasteiger charge is 2.02. The highest BCUT2D eigenvalue weighted by Crippen LogP contribution is 2.10. The molecule has 0 aliphatic carbocycles. The Balaban J connectivity index is 2.06. The fraction of sp³-hybridized carbons (Fsp3) is 0.533. The van der Waals surface area contributed by atoms with Gasteiger partial charge in [-0.1, -0.05) is 41.4 Å². The van der Waals surface area contributed by atoms with Gasteiger partial charge < -0.3 is 10.1 Å². The van der Waals surface area contributed by atoms with E-state index in [1.165, 1.54) is 0 Å². The molecule has 3 nitrogen and oxygen atoms in total. The Bertz CT molecular complexity index is 365. The smallest absolute Gasteiger partial charge is 0.224 e. The van der Waals surface area contributed by atoms with Crippen molar-refractivity contribution in [2.24, 2.45) is 0 Å². The predicted molar refractivity (Wildman–Crippen MR) is 81.2 cm³/mol. The summed E-state index contributed by atoms with van der Waals surface area (Å²) < 4.78 is 6.46. The van der Waals surface area contributed by atoms with Gasteiger partial charge in [-0.2, -0.15) is 0 Å². The van der Waals surface area contributed by atoms with Crippen molar-refractivity contribution in [1.82, 2.24) is 5.32 Å². The molecule has 0 spiro atoms. The molecule has 0 fully saturated rings. The lowest BCUT2D eigenvalue weighted by Gasteiger charge is -2.06. The summed E-state index contributed by atoms with van der Waals surface area (Å²) in [5, 5.41) is 2.91. The molecule has 0 heterocycles. The molecule has 0 radical (unpaired) electrons. The molecule has 106 valence electrons. The molecule has 0 atom stereocenters. The zero-order chi connectivity index (χ0) is 13.9. The average molecular weight is 328 g/mol. The number of carbonyl (C=O) groups is 1. The van der Waals surface area contributed by atoms with E-state index in [0.29, 0.717) is 13.0 Å². The quantitative estimate of drug-likeness (QED) is 0.706. The SMILES string of the molecule is CCCCOCCCNC(=O)Cc1ccc(Br)cc1. The van der Waals surface area contributed by atoms with E-state index >= 15 is 0 Å². The molecular formula is C15H22BrNO2. The minimum absolute atomic E-state index is 0.0656. The molecule has 0 saturated carbocycles. The average Bonchev–Trinajstić information content (AvgIpc) is 2.40. The van der Waals surface area contributed by atoms with Gasteiger partial charge >= 0.3 is 0 Å². The number of halogens is 1. The van der Waals surface area contributed by atoms with E-state index in [2.05, 4.69) is 28.2 Å². The van der Waals surface area contributed by atoms with Crippen LogP contribution in [0.2, 0.25) is 0 Å². The third-order valence-electron chi connectivity index (χ3n) is 2.71. The first-order valence-electron chi connectivity index (χ1n) is 6.81. The monoisotopic (exact) mass is 327 g/mol. The molecule has 0 saturated heterocycles. The van der Waals surface area contributed by atoms with Crippen LogP contribution in [0.25, 0.3) is 0 Å². The minimum Gasteiger partial charge on any atom is -0.381 e. The van der Waals surface area contributed by atoms with Gasteiger partial charge in [0.2, 0.25) is 5.91 Å². The molecule has 0 unspecified atom stereocenters. The van der Waals surface area contributed by atoms with Crippen LogP contribution in [0.4, 0.5) is 0 Å². The number of unbranched alkanes of at least 4 members (excludes halogenated alkanes) is 1. The predicted octanol–water partition coefficient (Wildman–Crippen LogP) is 3.31. The maximum Gasteiger partial charge on any atom is 0.224 e. The lowest BCUT2D eigenvalue weighted by Crippen LogP contribution is -2.26. The summed E-state index contributed by atoms with van der Waals surface area (Å²) in [6, 6.07) is 7.81. The van der Waals surface area contributed by atoms with E-state index in [0.717, 1.165) is 42.5 Å². The summed E-state index contributed by atoms with van der Waals surface area (Å²) in [6.45, 7) is 4.37. The summed E-state index contributed by atoms with van der Waals surface area (Å²) in [5.41, 5.74) is 1.03. The Kier molecular flexibility index (Phi) is 8.50. The second-order valence-corrected chi connectivity index (χ2v) is 5.39. The summed E-state index contributed by atoms with van der Waals surface area (Å²) >= 11 is 3.37. The molecule has 1 aromatic carbocycles. The molecule has 4 heteroatoms. The number of nitrogens with one attached hydrogen (secondary N) is 1. The molecule has 1 aromatic rings. The van der Waals surface area contributed by atoms with Crippen molar-refractivity contribution >= 4 is 21.8 Å². The van der Waals surface area contributed by atoms with Crippen LogP contribution >= 0.6 is 15.9 Å². The number of ether oxygens (including phenoxy) is 1.